The number of unbranched alkanes of at least 4 members (excludes halogenated alkanes) is 1. The van der Waals surface area contributed by atoms with Gasteiger partial charge in [0.25, 0.3) is 0 Å². The molecule has 0 bridgehead atoms. The van der Waals surface area contributed by atoms with Crippen molar-refractivity contribution >= 4 is 41.5 Å². The highest BCUT2D eigenvalue weighted by Gasteiger charge is 2.29. The molecule has 14 nitrogen and oxygen atoms in total. The van der Waals surface area contributed by atoms with Gasteiger partial charge in [0.1, 0.15) is 25.3 Å². The summed E-state index contributed by atoms with van der Waals surface area (Å²) in [7, 11) is 1.54. The Bertz CT molecular complexity index is 1250. The van der Waals surface area contributed by atoms with Crippen LogP contribution in [0.25, 0.3) is 0 Å². The number of primary amides is 1. The number of nitrogens with one attached hydrogen (secondary N) is 4. The Morgan fingerprint density at radius 3 is 2.06 bits per heavy atom. The first-order valence-corrected chi connectivity index (χ1v) is 16.8. The molecule has 6 amide bonds. The predicted octanol–water partition coefficient (Wildman–Crippen LogP) is 4.07. The van der Waals surface area contributed by atoms with Crippen molar-refractivity contribution in [2.75, 3.05) is 32.1 Å². The van der Waals surface area contributed by atoms with E-state index < -0.39 is 41.4 Å². The number of nitrogens with two attached hydrogens (primary N) is 1. The molecule has 0 aliphatic heterocycles. The fraction of sp³-hybridized carbons (Fsp3) is 0.657. The molecule has 0 saturated heterocycles. The monoisotopic (exact) mass is 690 g/mol. The number of carbonyl (C=O) groups excluding carboxylic acids is 6. The van der Waals surface area contributed by atoms with E-state index in [0.717, 1.165) is 0 Å². The van der Waals surface area contributed by atoms with Crippen molar-refractivity contribution in [3.8, 4) is 0 Å². The zero-order valence-electron chi connectivity index (χ0n) is 30.7. The van der Waals surface area contributed by atoms with Crippen LogP contribution < -0.4 is 27.0 Å². The summed E-state index contributed by atoms with van der Waals surface area (Å²) in [6, 6.07) is 4.29. The third-order valence-corrected chi connectivity index (χ3v) is 7.39. The van der Waals surface area contributed by atoms with E-state index >= 15 is 0 Å². The van der Waals surface area contributed by atoms with Crippen LogP contribution in [0.5, 0.6) is 0 Å². The molecule has 0 aliphatic carbocycles. The Balaban J connectivity index is 2.84. The lowest BCUT2D eigenvalue weighted by molar-refractivity contribution is -0.153. The smallest absolute Gasteiger partial charge is 0.409 e. The highest BCUT2D eigenvalue weighted by atomic mass is 16.6. The molecule has 0 saturated carbocycles. The van der Waals surface area contributed by atoms with Gasteiger partial charge < -0.3 is 41.4 Å². The number of hydrogen-bond donors (Lipinski definition) is 5. The Hall–Kier alpha value is -4.36. The van der Waals surface area contributed by atoms with Crippen molar-refractivity contribution in [2.45, 2.75) is 106 Å². The molecule has 0 unspecified atom stereocenters. The molecular formula is C35H58N6O8. The lowest BCUT2D eigenvalue weighted by Crippen LogP contribution is -2.54. The maximum Gasteiger partial charge on any atom is 0.409 e. The van der Waals surface area contributed by atoms with Crippen LogP contribution in [0.4, 0.5) is 15.3 Å². The Labute approximate surface area is 291 Å². The molecule has 0 spiro atoms. The normalized spacial score (nSPS) is 12.7. The van der Waals surface area contributed by atoms with Crippen molar-refractivity contribution in [2.24, 2.45) is 22.5 Å². The Kier molecular flexibility index (Phi) is 17.6. The summed E-state index contributed by atoms with van der Waals surface area (Å²) in [6.07, 6.45) is 1.66. The second-order valence-electron chi connectivity index (χ2n) is 14.7. The number of ether oxygens (including phenoxy) is 2. The van der Waals surface area contributed by atoms with Gasteiger partial charge in [0.15, 0.2) is 0 Å². The van der Waals surface area contributed by atoms with Crippen molar-refractivity contribution in [3.63, 3.8) is 0 Å². The lowest BCUT2D eigenvalue weighted by Gasteiger charge is -2.26. The van der Waals surface area contributed by atoms with E-state index in [1.165, 1.54) is 4.90 Å². The number of likely N-dealkylation sites (N-methyl/N-ethyl adjacent to an activating group) is 1. The van der Waals surface area contributed by atoms with Crippen LogP contribution >= 0.6 is 0 Å². The molecule has 0 heterocycles. The van der Waals surface area contributed by atoms with Gasteiger partial charge in [-0.2, -0.15) is 0 Å². The van der Waals surface area contributed by atoms with Gasteiger partial charge in [0.2, 0.25) is 17.7 Å². The first-order valence-electron chi connectivity index (χ1n) is 16.8. The van der Waals surface area contributed by atoms with Gasteiger partial charge >= 0.3 is 18.1 Å². The summed E-state index contributed by atoms with van der Waals surface area (Å²) < 4.78 is 10.5. The third kappa shape index (κ3) is 18.1. The standard InChI is InChI=1S/C35H58N6O8/c1-23(2)28(40-27(42)17-18-34(3,4)5)30(44)39-26(12-10-11-19-37-32(36)46)29(43)38-25-15-13-24(14-16-25)22-49-33(47)41(9)20-21-48-31(45)35(6,7)8/h13-16,23,26,28H,10-12,17-22H2,1-9H3,(H,38,43)(H,39,44)(H,40,42)(H3,36,37,46)/t26-,28-/m0/s1. The van der Waals surface area contributed by atoms with E-state index in [-0.39, 0.29) is 55.8 Å². The number of esters is 1. The number of urea groups is 1. The van der Waals surface area contributed by atoms with Crippen molar-refractivity contribution in [3.05, 3.63) is 29.8 Å². The number of amides is 6. The van der Waals surface area contributed by atoms with Gasteiger partial charge in [-0.05, 0) is 75.5 Å². The lowest BCUT2D eigenvalue weighted by atomic mass is 9.90. The van der Waals surface area contributed by atoms with Crippen LogP contribution in [0.2, 0.25) is 0 Å². The molecule has 0 aliphatic rings. The van der Waals surface area contributed by atoms with Gasteiger partial charge in [-0.15, -0.1) is 0 Å². The summed E-state index contributed by atoms with van der Waals surface area (Å²) >= 11 is 0. The number of benzene rings is 1. The van der Waals surface area contributed by atoms with Crippen molar-refractivity contribution in [1.29, 1.82) is 0 Å². The molecule has 1 rings (SSSR count). The summed E-state index contributed by atoms with van der Waals surface area (Å²) in [4.78, 5) is 76.0. The van der Waals surface area contributed by atoms with E-state index in [9.17, 15) is 28.8 Å². The Morgan fingerprint density at radius 2 is 1.51 bits per heavy atom. The average Bonchev–Trinajstić information content (AvgIpc) is 2.99. The largest absolute Gasteiger partial charge is 0.463 e. The average molecular weight is 691 g/mol. The molecule has 0 radical (unpaired) electrons. The fourth-order valence-electron chi connectivity index (χ4n) is 4.24. The summed E-state index contributed by atoms with van der Waals surface area (Å²) in [5, 5.41) is 11.0. The molecule has 2 atom stereocenters. The van der Waals surface area contributed by atoms with Crippen LogP contribution in [0.3, 0.4) is 0 Å². The highest BCUT2D eigenvalue weighted by Crippen LogP contribution is 2.20. The van der Waals surface area contributed by atoms with Gasteiger partial charge in [0.05, 0.1) is 12.0 Å². The minimum absolute atomic E-state index is 0.0186. The second kappa shape index (κ2) is 20.2. The van der Waals surface area contributed by atoms with E-state index in [2.05, 4.69) is 21.3 Å². The first kappa shape index (κ1) is 42.7. The maximum atomic E-state index is 13.4. The van der Waals surface area contributed by atoms with E-state index in [1.54, 1.807) is 52.1 Å². The van der Waals surface area contributed by atoms with Crippen LogP contribution in [0.15, 0.2) is 24.3 Å². The molecule has 1 aromatic carbocycles. The molecule has 1 aromatic rings. The SMILES string of the molecule is CC(C)[C@H](NC(=O)CCC(C)(C)C)C(=O)N[C@@H](CCCCNC(N)=O)C(=O)Nc1ccc(COC(=O)N(C)CCOC(=O)C(C)(C)C)cc1. The molecule has 14 heteroatoms. The van der Waals surface area contributed by atoms with Gasteiger partial charge in [-0.3, -0.25) is 19.2 Å². The topological polar surface area (TPSA) is 198 Å². The summed E-state index contributed by atoms with van der Waals surface area (Å²) in [5.41, 5.74) is 5.59. The third-order valence-electron chi connectivity index (χ3n) is 7.39. The molecule has 49 heavy (non-hydrogen) atoms. The first-order chi connectivity index (χ1) is 22.7. The second-order valence-corrected chi connectivity index (χ2v) is 14.7. The summed E-state index contributed by atoms with van der Waals surface area (Å²) in [5.74, 6) is -1.74. The van der Waals surface area contributed by atoms with E-state index in [1.807, 2.05) is 34.6 Å². The quantitative estimate of drug-likeness (QED) is 0.112. The van der Waals surface area contributed by atoms with Crippen LogP contribution in [-0.2, 0) is 35.3 Å². The Morgan fingerprint density at radius 1 is 0.878 bits per heavy atom. The van der Waals surface area contributed by atoms with Gasteiger partial charge in [0, 0.05) is 25.7 Å². The molecule has 6 N–H and O–H groups in total. The van der Waals surface area contributed by atoms with Crippen molar-refractivity contribution in [1.82, 2.24) is 20.9 Å². The highest BCUT2D eigenvalue weighted by molar-refractivity contribution is 5.98. The minimum atomic E-state index is -0.923. The maximum absolute atomic E-state index is 13.4. The number of nitrogens with zero attached hydrogens (tertiary/aromatic N) is 1. The zero-order valence-corrected chi connectivity index (χ0v) is 30.7. The number of anilines is 1. The van der Waals surface area contributed by atoms with E-state index in [4.69, 9.17) is 15.2 Å². The van der Waals surface area contributed by atoms with Crippen LogP contribution in [-0.4, -0.2) is 79.5 Å². The number of hydrogen-bond acceptors (Lipinski definition) is 8. The van der Waals surface area contributed by atoms with Gasteiger partial charge in [-0.25, -0.2) is 9.59 Å². The molecule has 0 aromatic heterocycles. The van der Waals surface area contributed by atoms with Crippen molar-refractivity contribution < 1.29 is 38.2 Å². The zero-order chi connectivity index (χ0) is 37.4. The molecular weight excluding hydrogens is 632 g/mol. The molecule has 276 valence electrons. The number of rotatable bonds is 18. The minimum Gasteiger partial charge on any atom is -0.463 e. The fourth-order valence-corrected chi connectivity index (χ4v) is 4.24. The predicted molar refractivity (Wildman–Crippen MR) is 187 cm³/mol. The van der Waals surface area contributed by atoms with Crippen LogP contribution in [0, 0.1) is 16.7 Å². The molecule has 0 fully saturated rings. The van der Waals surface area contributed by atoms with Crippen LogP contribution in [0.1, 0.15) is 93.1 Å². The van der Waals surface area contributed by atoms with Gasteiger partial charge in [-0.1, -0.05) is 46.8 Å². The van der Waals surface area contributed by atoms with E-state index in [0.29, 0.717) is 37.1 Å². The number of carbonyl (C=O) groups is 6. The summed E-state index contributed by atoms with van der Waals surface area (Å²) in [6.45, 7) is 15.5.